The molecule has 0 atom stereocenters. The van der Waals surface area contributed by atoms with Gasteiger partial charge in [0.1, 0.15) is 5.75 Å². The van der Waals surface area contributed by atoms with Gasteiger partial charge in [-0.2, -0.15) is 0 Å². The molecule has 0 spiro atoms. The minimum atomic E-state index is 0.0572. The van der Waals surface area contributed by atoms with Crippen LogP contribution < -0.4 is 10.5 Å². The number of nitrogens with two attached hydrogens (primary N) is 1. The third-order valence-electron chi connectivity index (χ3n) is 4.38. The molecule has 1 aromatic carbocycles. The van der Waals surface area contributed by atoms with Crippen LogP contribution >= 0.6 is 0 Å². The van der Waals surface area contributed by atoms with Crippen LogP contribution in [0.15, 0.2) is 24.3 Å². The zero-order chi connectivity index (χ0) is 16.7. The van der Waals surface area contributed by atoms with Crippen molar-refractivity contribution in [3.05, 3.63) is 29.8 Å². The van der Waals surface area contributed by atoms with Crippen LogP contribution in [0.3, 0.4) is 0 Å². The van der Waals surface area contributed by atoms with Gasteiger partial charge in [0.25, 0.3) is 0 Å². The topological polar surface area (TPSA) is 55.6 Å². The first-order valence-corrected chi connectivity index (χ1v) is 8.59. The molecule has 0 aromatic heterocycles. The van der Waals surface area contributed by atoms with E-state index in [2.05, 4.69) is 6.92 Å². The fourth-order valence-electron chi connectivity index (χ4n) is 2.95. The summed E-state index contributed by atoms with van der Waals surface area (Å²) in [5.41, 5.74) is 7.51. The summed E-state index contributed by atoms with van der Waals surface area (Å²) >= 11 is 0. The predicted molar refractivity (Wildman–Crippen MR) is 95.3 cm³/mol. The van der Waals surface area contributed by atoms with E-state index >= 15 is 0 Å². The molecule has 0 saturated heterocycles. The highest BCUT2D eigenvalue weighted by atomic mass is 16.5. The summed E-state index contributed by atoms with van der Waals surface area (Å²) in [7, 11) is 1.90. The smallest absolute Gasteiger partial charge is 0.246 e. The largest absolute Gasteiger partial charge is 0.491 e. The van der Waals surface area contributed by atoms with Crippen LogP contribution in [0.5, 0.6) is 5.75 Å². The second-order valence-electron chi connectivity index (χ2n) is 6.22. The third kappa shape index (κ3) is 5.02. The van der Waals surface area contributed by atoms with Gasteiger partial charge in [-0.1, -0.05) is 32.3 Å². The number of carbonyl (C=O) groups excluding carboxylic acids is 1. The molecule has 1 amide bonds. The predicted octanol–water partition coefficient (Wildman–Crippen LogP) is 3.86. The SMILES string of the molecule is CCCOc1ccc(/C=C\C(=O)N(C)C2CCCCC2)cc1N. The minimum absolute atomic E-state index is 0.0572. The average molecular weight is 316 g/mol. The van der Waals surface area contributed by atoms with Gasteiger partial charge in [0, 0.05) is 19.2 Å². The van der Waals surface area contributed by atoms with Crippen LogP contribution in [0.4, 0.5) is 5.69 Å². The van der Waals surface area contributed by atoms with Crippen LogP contribution in [0.25, 0.3) is 6.08 Å². The Labute approximate surface area is 139 Å². The van der Waals surface area contributed by atoms with Gasteiger partial charge in [0.2, 0.25) is 5.91 Å². The summed E-state index contributed by atoms with van der Waals surface area (Å²) in [6, 6.07) is 6.01. The molecular formula is C19H28N2O2. The fourth-order valence-corrected chi connectivity index (χ4v) is 2.95. The van der Waals surface area contributed by atoms with Crippen molar-refractivity contribution in [1.82, 2.24) is 4.90 Å². The monoisotopic (exact) mass is 316 g/mol. The van der Waals surface area contributed by atoms with Crippen LogP contribution in [0.2, 0.25) is 0 Å². The van der Waals surface area contributed by atoms with Gasteiger partial charge in [-0.15, -0.1) is 0 Å². The molecule has 4 nitrogen and oxygen atoms in total. The lowest BCUT2D eigenvalue weighted by molar-refractivity contribution is -0.127. The molecule has 4 heteroatoms. The summed E-state index contributed by atoms with van der Waals surface area (Å²) < 4.78 is 5.56. The van der Waals surface area contributed by atoms with Crippen LogP contribution in [0, 0.1) is 0 Å². The number of likely N-dealkylation sites (N-methyl/N-ethyl adjacent to an activating group) is 1. The molecule has 23 heavy (non-hydrogen) atoms. The quantitative estimate of drug-likeness (QED) is 0.640. The van der Waals surface area contributed by atoms with E-state index in [1.807, 2.05) is 36.2 Å². The second-order valence-corrected chi connectivity index (χ2v) is 6.22. The molecule has 2 rings (SSSR count). The first-order chi connectivity index (χ1) is 11.1. The van der Waals surface area contributed by atoms with Crippen molar-refractivity contribution in [3.63, 3.8) is 0 Å². The molecule has 2 N–H and O–H groups in total. The number of hydrogen-bond donors (Lipinski definition) is 1. The molecule has 1 aromatic rings. The Bertz CT molecular complexity index is 548. The zero-order valence-corrected chi connectivity index (χ0v) is 14.3. The molecule has 0 heterocycles. The van der Waals surface area contributed by atoms with Crippen molar-refractivity contribution in [2.24, 2.45) is 0 Å². The lowest BCUT2D eigenvalue weighted by Crippen LogP contribution is -2.37. The Morgan fingerprint density at radius 1 is 1.35 bits per heavy atom. The van der Waals surface area contributed by atoms with Gasteiger partial charge in [-0.3, -0.25) is 4.79 Å². The van der Waals surface area contributed by atoms with Gasteiger partial charge < -0.3 is 15.4 Å². The van der Waals surface area contributed by atoms with Crippen molar-refractivity contribution in [2.45, 2.75) is 51.5 Å². The average Bonchev–Trinajstić information content (AvgIpc) is 2.59. The molecule has 0 bridgehead atoms. The van der Waals surface area contributed by atoms with E-state index in [9.17, 15) is 4.79 Å². The molecular weight excluding hydrogens is 288 g/mol. The molecule has 126 valence electrons. The first-order valence-electron chi connectivity index (χ1n) is 8.59. The van der Waals surface area contributed by atoms with Gasteiger partial charge in [-0.25, -0.2) is 0 Å². The van der Waals surface area contributed by atoms with Crippen LogP contribution in [-0.4, -0.2) is 30.5 Å². The number of amides is 1. The number of carbonyl (C=O) groups is 1. The fraction of sp³-hybridized carbons (Fsp3) is 0.526. The summed E-state index contributed by atoms with van der Waals surface area (Å²) in [6.07, 6.45) is 10.4. The lowest BCUT2D eigenvalue weighted by Gasteiger charge is -2.30. The third-order valence-corrected chi connectivity index (χ3v) is 4.38. The maximum absolute atomic E-state index is 12.3. The second kappa shape index (κ2) is 8.61. The molecule has 1 aliphatic carbocycles. The highest BCUT2D eigenvalue weighted by Gasteiger charge is 2.20. The Hall–Kier alpha value is -1.97. The summed E-state index contributed by atoms with van der Waals surface area (Å²) in [4.78, 5) is 14.2. The van der Waals surface area contributed by atoms with Crippen LogP contribution in [0.1, 0.15) is 51.0 Å². The number of hydrogen-bond acceptors (Lipinski definition) is 3. The zero-order valence-electron chi connectivity index (χ0n) is 14.3. The maximum Gasteiger partial charge on any atom is 0.246 e. The maximum atomic E-state index is 12.3. The van der Waals surface area contributed by atoms with E-state index in [1.54, 1.807) is 6.08 Å². The normalized spacial score (nSPS) is 15.7. The molecule has 1 fully saturated rings. The van der Waals surface area contributed by atoms with Gasteiger partial charge >= 0.3 is 0 Å². The Kier molecular flexibility index (Phi) is 6.51. The molecule has 1 aliphatic rings. The molecule has 0 radical (unpaired) electrons. The van der Waals surface area contributed by atoms with E-state index in [4.69, 9.17) is 10.5 Å². The summed E-state index contributed by atoms with van der Waals surface area (Å²) in [5.74, 6) is 0.761. The van der Waals surface area contributed by atoms with Crippen molar-refractivity contribution < 1.29 is 9.53 Å². The molecule has 1 saturated carbocycles. The van der Waals surface area contributed by atoms with E-state index in [0.29, 0.717) is 24.1 Å². The summed E-state index contributed by atoms with van der Waals surface area (Å²) in [6.45, 7) is 2.71. The Morgan fingerprint density at radius 2 is 2.09 bits per heavy atom. The minimum Gasteiger partial charge on any atom is -0.491 e. The van der Waals surface area contributed by atoms with Crippen molar-refractivity contribution in [3.8, 4) is 5.75 Å². The standard InChI is InChI=1S/C19H28N2O2/c1-3-13-23-18-11-9-15(14-17(18)20)10-12-19(22)21(2)16-7-5-4-6-8-16/h9-12,14,16H,3-8,13,20H2,1-2H3/b12-10-. The first kappa shape index (κ1) is 17.4. The number of ether oxygens (including phenoxy) is 1. The summed E-state index contributed by atoms with van der Waals surface area (Å²) in [5, 5.41) is 0. The number of nitrogens with zero attached hydrogens (tertiary/aromatic N) is 1. The van der Waals surface area contributed by atoms with Crippen LogP contribution in [-0.2, 0) is 4.79 Å². The number of benzene rings is 1. The van der Waals surface area contributed by atoms with E-state index in [0.717, 1.165) is 24.8 Å². The Morgan fingerprint density at radius 3 is 2.74 bits per heavy atom. The van der Waals surface area contributed by atoms with Gasteiger partial charge in [0.05, 0.1) is 12.3 Å². The number of anilines is 1. The van der Waals surface area contributed by atoms with Crippen molar-refractivity contribution in [2.75, 3.05) is 19.4 Å². The highest BCUT2D eigenvalue weighted by Crippen LogP contribution is 2.24. The lowest BCUT2D eigenvalue weighted by atomic mass is 9.94. The Balaban J connectivity index is 1.95. The van der Waals surface area contributed by atoms with Crippen molar-refractivity contribution >= 4 is 17.7 Å². The highest BCUT2D eigenvalue weighted by molar-refractivity contribution is 5.92. The van der Waals surface area contributed by atoms with E-state index < -0.39 is 0 Å². The molecule has 0 aliphatic heterocycles. The molecule has 0 unspecified atom stereocenters. The van der Waals surface area contributed by atoms with Gasteiger partial charge in [0.15, 0.2) is 0 Å². The van der Waals surface area contributed by atoms with Crippen molar-refractivity contribution in [1.29, 1.82) is 0 Å². The van der Waals surface area contributed by atoms with E-state index in [1.165, 1.54) is 19.3 Å². The number of nitrogen functional groups attached to an aromatic ring is 1. The number of rotatable bonds is 6. The van der Waals surface area contributed by atoms with Gasteiger partial charge in [-0.05, 0) is 43.0 Å². The van der Waals surface area contributed by atoms with E-state index in [-0.39, 0.29) is 5.91 Å².